The molecule has 7 nitrogen and oxygen atoms in total. The molecular weight excluding hydrogens is 364 g/mol. The number of rotatable bonds is 7. The molecule has 0 aliphatic carbocycles. The van der Waals surface area contributed by atoms with Crippen molar-refractivity contribution in [1.82, 2.24) is 19.7 Å². The van der Waals surface area contributed by atoms with Crippen molar-refractivity contribution >= 4 is 17.7 Å². The maximum absolute atomic E-state index is 12.9. The fraction of sp³-hybridized carbons (Fsp3) is 0.526. The van der Waals surface area contributed by atoms with Crippen molar-refractivity contribution in [3.63, 3.8) is 0 Å². The Hall–Kier alpha value is -2.22. The molecule has 1 amide bonds. The predicted molar refractivity (Wildman–Crippen MR) is 104 cm³/mol. The third-order valence-electron chi connectivity index (χ3n) is 4.79. The van der Waals surface area contributed by atoms with Gasteiger partial charge in [-0.05, 0) is 44.9 Å². The van der Waals surface area contributed by atoms with Gasteiger partial charge in [-0.1, -0.05) is 11.8 Å². The number of thioether (sulfide) groups is 1. The molecule has 1 saturated heterocycles. The number of carbonyl (C=O) groups is 1. The summed E-state index contributed by atoms with van der Waals surface area (Å²) < 4.78 is 12.9. The first-order valence-electron chi connectivity index (χ1n) is 9.08. The summed E-state index contributed by atoms with van der Waals surface area (Å²) in [4.78, 5) is 14.9. The van der Waals surface area contributed by atoms with Crippen molar-refractivity contribution < 1.29 is 14.3 Å². The smallest absolute Gasteiger partial charge is 0.233 e. The molecular formula is C19H26N4O3S. The molecule has 0 spiro atoms. The van der Waals surface area contributed by atoms with Gasteiger partial charge in [-0.25, -0.2) is 0 Å². The number of amides is 1. The molecule has 1 unspecified atom stereocenters. The van der Waals surface area contributed by atoms with Gasteiger partial charge in [0.05, 0.1) is 26.0 Å². The van der Waals surface area contributed by atoms with Crippen molar-refractivity contribution in [1.29, 1.82) is 0 Å². The first-order chi connectivity index (χ1) is 13.0. The van der Waals surface area contributed by atoms with E-state index in [4.69, 9.17) is 9.47 Å². The molecule has 1 aromatic carbocycles. The lowest BCUT2D eigenvalue weighted by Gasteiger charge is -2.26. The molecule has 1 aliphatic rings. The molecule has 2 aromatic rings. The third kappa shape index (κ3) is 4.21. The van der Waals surface area contributed by atoms with Crippen LogP contribution in [0.25, 0.3) is 0 Å². The average molecular weight is 391 g/mol. The quantitative estimate of drug-likeness (QED) is 0.676. The number of ether oxygens (including phenoxy) is 2. The highest BCUT2D eigenvalue weighted by Gasteiger charge is 2.32. The van der Waals surface area contributed by atoms with E-state index in [1.54, 1.807) is 20.5 Å². The van der Waals surface area contributed by atoms with E-state index in [0.717, 1.165) is 41.6 Å². The molecule has 0 bridgehead atoms. The molecule has 0 N–H and O–H groups in total. The monoisotopic (exact) mass is 390 g/mol. The lowest BCUT2D eigenvalue weighted by atomic mass is 10.0. The summed E-state index contributed by atoms with van der Waals surface area (Å²) in [5, 5.41) is 8.86. The predicted octanol–water partition coefficient (Wildman–Crippen LogP) is 3.33. The number of hydrogen-bond donors (Lipinski definition) is 0. The van der Waals surface area contributed by atoms with Crippen LogP contribution in [0.3, 0.4) is 0 Å². The van der Waals surface area contributed by atoms with Crippen LogP contribution < -0.4 is 9.47 Å². The topological polar surface area (TPSA) is 69.5 Å². The van der Waals surface area contributed by atoms with Crippen LogP contribution in [0.15, 0.2) is 29.7 Å². The van der Waals surface area contributed by atoms with E-state index in [0.29, 0.717) is 5.75 Å². The lowest BCUT2D eigenvalue weighted by molar-refractivity contribution is -0.129. The maximum Gasteiger partial charge on any atom is 0.233 e. The summed E-state index contributed by atoms with van der Waals surface area (Å²) in [5.74, 6) is 2.00. The number of nitrogens with zero attached hydrogens (tertiary/aromatic N) is 4. The minimum absolute atomic E-state index is 0.00567. The summed E-state index contributed by atoms with van der Waals surface area (Å²) in [5.41, 5.74) is 0.998. The molecule has 1 atom stereocenters. The van der Waals surface area contributed by atoms with Gasteiger partial charge in [0.25, 0.3) is 0 Å². The summed E-state index contributed by atoms with van der Waals surface area (Å²) in [6, 6.07) is 6.01. The first kappa shape index (κ1) is 19.5. The number of benzene rings is 1. The van der Waals surface area contributed by atoms with Gasteiger partial charge in [0.15, 0.2) is 5.16 Å². The average Bonchev–Trinajstić information content (AvgIpc) is 3.34. The van der Waals surface area contributed by atoms with Crippen LogP contribution in [-0.2, 0) is 4.79 Å². The van der Waals surface area contributed by atoms with E-state index in [2.05, 4.69) is 24.0 Å². The molecule has 0 radical (unpaired) electrons. The van der Waals surface area contributed by atoms with Gasteiger partial charge >= 0.3 is 0 Å². The number of hydrogen-bond acceptors (Lipinski definition) is 6. The molecule has 1 fully saturated rings. The number of aromatic nitrogens is 3. The van der Waals surface area contributed by atoms with Crippen molar-refractivity contribution in [3.05, 3.63) is 30.1 Å². The zero-order valence-electron chi connectivity index (χ0n) is 16.2. The van der Waals surface area contributed by atoms with Crippen LogP contribution in [0.2, 0.25) is 0 Å². The molecule has 146 valence electrons. The Morgan fingerprint density at radius 1 is 1.33 bits per heavy atom. The normalized spacial score (nSPS) is 16.8. The fourth-order valence-electron chi connectivity index (χ4n) is 3.39. The van der Waals surface area contributed by atoms with Gasteiger partial charge in [-0.2, -0.15) is 0 Å². The molecule has 1 aliphatic heterocycles. The Kier molecular flexibility index (Phi) is 6.26. The summed E-state index contributed by atoms with van der Waals surface area (Å²) in [7, 11) is 3.30. The van der Waals surface area contributed by atoms with Crippen LogP contribution in [0, 0.1) is 0 Å². The highest BCUT2D eigenvalue weighted by molar-refractivity contribution is 7.99. The highest BCUT2D eigenvalue weighted by Crippen LogP contribution is 2.39. The zero-order valence-corrected chi connectivity index (χ0v) is 17.0. The standard InChI is InChI=1S/C19H26N4O3S/c1-13(2)23-12-20-21-19(23)27-11-18(24)22-9-5-6-16(22)15-10-14(25-3)7-8-17(15)26-4/h7-8,10,12-13,16H,5-6,9,11H2,1-4H3. The molecule has 8 heteroatoms. The zero-order chi connectivity index (χ0) is 19.4. The van der Waals surface area contributed by atoms with Gasteiger partial charge in [-0.15, -0.1) is 10.2 Å². The van der Waals surface area contributed by atoms with Crippen molar-refractivity contribution in [2.75, 3.05) is 26.5 Å². The van der Waals surface area contributed by atoms with E-state index in [1.165, 1.54) is 11.8 Å². The van der Waals surface area contributed by atoms with Crippen LogP contribution in [0.5, 0.6) is 11.5 Å². The Morgan fingerprint density at radius 2 is 2.15 bits per heavy atom. The highest BCUT2D eigenvalue weighted by atomic mass is 32.2. The van der Waals surface area contributed by atoms with Crippen LogP contribution in [0.4, 0.5) is 0 Å². The minimum atomic E-state index is 0.00567. The number of likely N-dealkylation sites (tertiary alicyclic amines) is 1. The third-order valence-corrected chi connectivity index (χ3v) is 5.73. The van der Waals surface area contributed by atoms with E-state index in [9.17, 15) is 4.79 Å². The van der Waals surface area contributed by atoms with Crippen molar-refractivity contribution in [2.24, 2.45) is 0 Å². The van der Waals surface area contributed by atoms with Gasteiger partial charge in [0, 0.05) is 18.2 Å². The lowest BCUT2D eigenvalue weighted by Crippen LogP contribution is -2.32. The Bertz CT molecular complexity index is 793. The summed E-state index contributed by atoms with van der Waals surface area (Å²) in [6.07, 6.45) is 3.60. The van der Waals surface area contributed by atoms with E-state index in [-0.39, 0.29) is 18.0 Å². The first-order valence-corrected chi connectivity index (χ1v) is 10.1. The van der Waals surface area contributed by atoms with Crippen LogP contribution in [-0.4, -0.2) is 52.1 Å². The molecule has 2 heterocycles. The molecule has 3 rings (SSSR count). The van der Waals surface area contributed by atoms with Crippen molar-refractivity contribution in [3.8, 4) is 11.5 Å². The molecule has 27 heavy (non-hydrogen) atoms. The second-order valence-electron chi connectivity index (χ2n) is 6.76. The van der Waals surface area contributed by atoms with Gasteiger partial charge in [0.2, 0.25) is 5.91 Å². The van der Waals surface area contributed by atoms with Gasteiger partial charge < -0.3 is 18.9 Å². The molecule has 1 aromatic heterocycles. The van der Waals surface area contributed by atoms with Crippen LogP contribution in [0.1, 0.15) is 44.3 Å². The van der Waals surface area contributed by atoms with E-state index < -0.39 is 0 Å². The Labute approximate surface area is 164 Å². The number of carbonyl (C=O) groups excluding carboxylic acids is 1. The largest absolute Gasteiger partial charge is 0.497 e. The Morgan fingerprint density at radius 3 is 2.85 bits per heavy atom. The second-order valence-corrected chi connectivity index (χ2v) is 7.70. The molecule has 0 saturated carbocycles. The van der Waals surface area contributed by atoms with Crippen LogP contribution >= 0.6 is 11.8 Å². The minimum Gasteiger partial charge on any atom is -0.497 e. The SMILES string of the molecule is COc1ccc(OC)c(C2CCCN2C(=O)CSc2nncn2C(C)C)c1. The van der Waals surface area contributed by atoms with E-state index >= 15 is 0 Å². The number of methoxy groups -OCH3 is 2. The second kappa shape index (κ2) is 8.65. The van der Waals surface area contributed by atoms with Gasteiger partial charge in [0.1, 0.15) is 17.8 Å². The summed E-state index contributed by atoms with van der Waals surface area (Å²) >= 11 is 1.43. The van der Waals surface area contributed by atoms with Crippen molar-refractivity contribution in [2.45, 2.75) is 43.9 Å². The summed E-state index contributed by atoms with van der Waals surface area (Å²) in [6.45, 7) is 4.89. The Balaban J connectivity index is 1.74. The van der Waals surface area contributed by atoms with Gasteiger partial charge in [-0.3, -0.25) is 4.79 Å². The van der Waals surface area contributed by atoms with E-state index in [1.807, 2.05) is 27.7 Å². The maximum atomic E-state index is 12.9. The fourth-order valence-corrected chi connectivity index (χ4v) is 4.32.